The van der Waals surface area contributed by atoms with Gasteiger partial charge in [-0.15, -0.1) is 0 Å². The number of hydrogen-bond donors (Lipinski definition) is 0. The minimum atomic E-state index is -0.887. The van der Waals surface area contributed by atoms with Gasteiger partial charge in [0.05, 0.1) is 35.2 Å². The molecular formula is C33H25BrN2O3. The zero-order chi connectivity index (χ0) is 26.7. The monoisotopic (exact) mass is 576 g/mol. The first-order chi connectivity index (χ1) is 19.0. The quantitative estimate of drug-likeness (QED) is 0.194. The van der Waals surface area contributed by atoms with Crippen LogP contribution in [0.2, 0.25) is 0 Å². The summed E-state index contributed by atoms with van der Waals surface area (Å²) < 4.78 is 6.52. The molecule has 1 heterocycles. The topological polar surface area (TPSA) is 59.0 Å². The lowest BCUT2D eigenvalue weighted by Crippen LogP contribution is -2.54. The molecule has 0 N–H and O–H groups in total. The van der Waals surface area contributed by atoms with E-state index in [1.165, 1.54) is 4.90 Å². The third-order valence-corrected chi connectivity index (χ3v) is 8.81. The Morgan fingerprint density at radius 2 is 1.54 bits per heavy atom. The van der Waals surface area contributed by atoms with Crippen molar-refractivity contribution in [3.05, 3.63) is 124 Å². The zero-order valence-corrected chi connectivity index (χ0v) is 22.8. The largest absolute Gasteiger partial charge is 0.494 e. The smallest absolute Gasteiger partial charge is 0.239 e. The van der Waals surface area contributed by atoms with Gasteiger partial charge in [-0.1, -0.05) is 70.5 Å². The minimum Gasteiger partial charge on any atom is -0.494 e. The maximum atomic E-state index is 14.4. The molecule has 0 radical (unpaired) electrons. The van der Waals surface area contributed by atoms with E-state index in [1.54, 1.807) is 12.1 Å². The van der Waals surface area contributed by atoms with Crippen LogP contribution in [0.5, 0.6) is 5.75 Å². The minimum absolute atomic E-state index is 0.164. The third-order valence-electron chi connectivity index (χ3n) is 8.32. The molecule has 3 aliphatic carbocycles. The lowest BCUT2D eigenvalue weighted by molar-refractivity contribution is -0.122. The van der Waals surface area contributed by atoms with Gasteiger partial charge in [0.25, 0.3) is 0 Å². The molecule has 2 atom stereocenters. The number of rotatable bonds is 5. The highest BCUT2D eigenvalue weighted by atomic mass is 79.9. The van der Waals surface area contributed by atoms with Gasteiger partial charge >= 0.3 is 0 Å². The summed E-state index contributed by atoms with van der Waals surface area (Å²) in [6.45, 7) is 2.47. The highest BCUT2D eigenvalue weighted by Crippen LogP contribution is 2.63. The number of hydrogen-bond acceptors (Lipinski definition) is 4. The molecule has 5 nitrogen and oxygen atoms in total. The number of amides is 2. The van der Waals surface area contributed by atoms with Crippen molar-refractivity contribution in [3.8, 4) is 5.75 Å². The van der Waals surface area contributed by atoms with Gasteiger partial charge in [0.15, 0.2) is 0 Å². The summed E-state index contributed by atoms with van der Waals surface area (Å²) in [6.07, 6.45) is 1.92. The molecule has 6 heteroatoms. The average Bonchev–Trinajstić information content (AvgIpc) is 3.23. The fraction of sp³-hybridized carbons (Fsp3) is 0.182. The van der Waals surface area contributed by atoms with Gasteiger partial charge < -0.3 is 4.74 Å². The third kappa shape index (κ3) is 3.41. The molecule has 1 aliphatic heterocycles. The summed E-state index contributed by atoms with van der Waals surface area (Å²) in [6, 6.07) is 31.4. The van der Waals surface area contributed by atoms with Crippen LogP contribution in [-0.2, 0) is 15.0 Å². The molecule has 0 unspecified atom stereocenters. The van der Waals surface area contributed by atoms with Crippen molar-refractivity contribution in [1.29, 1.82) is 0 Å². The van der Waals surface area contributed by atoms with Gasteiger partial charge in [-0.3, -0.25) is 14.6 Å². The Bertz CT molecular complexity index is 1610. The van der Waals surface area contributed by atoms with Crippen molar-refractivity contribution in [2.24, 2.45) is 16.8 Å². The number of nitrogens with zero attached hydrogens (tertiary/aromatic N) is 2. The highest BCUT2D eigenvalue weighted by Gasteiger charge is 2.67. The van der Waals surface area contributed by atoms with Gasteiger partial charge in [-0.25, -0.2) is 4.90 Å². The summed E-state index contributed by atoms with van der Waals surface area (Å²) in [5.74, 6) is -0.986. The normalized spacial score (nSPS) is 24.6. The maximum absolute atomic E-state index is 14.4. The summed E-state index contributed by atoms with van der Waals surface area (Å²) in [7, 11) is 0. The van der Waals surface area contributed by atoms with E-state index in [4.69, 9.17) is 9.73 Å². The molecule has 2 bridgehead atoms. The number of halogens is 1. The molecule has 0 saturated carbocycles. The summed E-state index contributed by atoms with van der Waals surface area (Å²) in [5.41, 5.74) is 4.72. The van der Waals surface area contributed by atoms with Crippen LogP contribution in [0.1, 0.15) is 35.1 Å². The predicted molar refractivity (Wildman–Crippen MR) is 155 cm³/mol. The van der Waals surface area contributed by atoms with Gasteiger partial charge in [-0.2, -0.15) is 0 Å². The number of benzene rings is 4. The van der Waals surface area contributed by atoms with E-state index in [1.807, 2.05) is 73.8 Å². The van der Waals surface area contributed by atoms with Crippen LogP contribution in [0.15, 0.2) is 107 Å². The SMILES string of the molecule is CCOc1ccc(N2C(=O)[C@@H]3C4c5ccccc5C(C=Nc5cccc(Br)c5)(c5ccccc54)[C@H]3C2=O)cc1. The van der Waals surface area contributed by atoms with Crippen LogP contribution in [-0.4, -0.2) is 24.6 Å². The Hall–Kier alpha value is -4.03. The van der Waals surface area contributed by atoms with E-state index in [-0.39, 0.29) is 17.7 Å². The second kappa shape index (κ2) is 9.02. The zero-order valence-electron chi connectivity index (χ0n) is 21.3. The fourth-order valence-corrected chi connectivity index (χ4v) is 7.28. The van der Waals surface area contributed by atoms with E-state index < -0.39 is 17.3 Å². The fourth-order valence-electron chi connectivity index (χ4n) is 6.90. The molecule has 192 valence electrons. The average molecular weight is 577 g/mol. The summed E-state index contributed by atoms with van der Waals surface area (Å²) >= 11 is 3.54. The lowest BCUT2D eigenvalue weighted by atomic mass is 9.47. The van der Waals surface area contributed by atoms with E-state index in [9.17, 15) is 9.59 Å². The predicted octanol–water partition coefficient (Wildman–Crippen LogP) is 6.80. The summed E-state index contributed by atoms with van der Waals surface area (Å²) in [4.78, 5) is 35.0. The van der Waals surface area contributed by atoms with Crippen LogP contribution in [0.25, 0.3) is 0 Å². The standard InChI is InChI=1S/C33H25BrN2O3/c1-2-39-23-16-14-22(15-17-23)36-31(37)29-28-24-10-3-5-12-26(24)33(30(29)32(36)38,27-13-6-4-11-25(27)28)19-35-21-9-7-8-20(34)18-21/h3-19,28-30H,2H2,1H3/t28?,29-,30-,33?/m1/s1. The molecule has 4 aromatic rings. The Balaban J connectivity index is 1.45. The van der Waals surface area contributed by atoms with Crippen LogP contribution in [0.3, 0.4) is 0 Å². The first-order valence-corrected chi connectivity index (χ1v) is 13.9. The van der Waals surface area contributed by atoms with Gasteiger partial charge in [0.2, 0.25) is 11.8 Å². The number of carbonyl (C=O) groups is 2. The molecule has 1 fully saturated rings. The molecule has 0 spiro atoms. The van der Waals surface area contributed by atoms with Crippen molar-refractivity contribution < 1.29 is 14.3 Å². The highest BCUT2D eigenvalue weighted by molar-refractivity contribution is 9.10. The van der Waals surface area contributed by atoms with Gasteiger partial charge in [0, 0.05) is 16.6 Å². The van der Waals surface area contributed by atoms with Gasteiger partial charge in [0.1, 0.15) is 5.75 Å². The second-order valence-corrected chi connectivity index (χ2v) is 11.1. The second-order valence-electron chi connectivity index (χ2n) is 10.2. The van der Waals surface area contributed by atoms with Crippen LogP contribution in [0, 0.1) is 11.8 Å². The molecular weight excluding hydrogens is 552 g/mol. The Morgan fingerprint density at radius 1 is 0.872 bits per heavy atom. The van der Waals surface area contributed by atoms with Gasteiger partial charge in [-0.05, 0) is 71.6 Å². The molecule has 2 amide bonds. The van der Waals surface area contributed by atoms with E-state index in [2.05, 4.69) is 40.2 Å². The summed E-state index contributed by atoms with van der Waals surface area (Å²) in [5, 5.41) is 0. The number of ether oxygens (including phenoxy) is 1. The number of anilines is 1. The first kappa shape index (κ1) is 24.0. The van der Waals surface area contributed by atoms with Crippen molar-refractivity contribution in [2.75, 3.05) is 11.5 Å². The van der Waals surface area contributed by atoms with Crippen molar-refractivity contribution >= 4 is 45.3 Å². The molecule has 4 aromatic carbocycles. The Labute approximate surface area is 235 Å². The molecule has 0 aromatic heterocycles. The van der Waals surface area contributed by atoms with Crippen LogP contribution >= 0.6 is 15.9 Å². The van der Waals surface area contributed by atoms with E-state index >= 15 is 0 Å². The first-order valence-electron chi connectivity index (χ1n) is 13.1. The number of carbonyl (C=O) groups excluding carboxylic acids is 2. The van der Waals surface area contributed by atoms with Crippen molar-refractivity contribution in [2.45, 2.75) is 18.3 Å². The Kier molecular flexibility index (Phi) is 5.56. The Morgan fingerprint density at radius 3 is 2.18 bits per heavy atom. The lowest BCUT2D eigenvalue weighted by Gasteiger charge is -2.52. The van der Waals surface area contributed by atoms with Crippen LogP contribution < -0.4 is 9.64 Å². The molecule has 39 heavy (non-hydrogen) atoms. The van der Waals surface area contributed by atoms with Crippen molar-refractivity contribution in [1.82, 2.24) is 0 Å². The maximum Gasteiger partial charge on any atom is 0.239 e. The molecule has 1 saturated heterocycles. The van der Waals surface area contributed by atoms with E-state index in [0.717, 1.165) is 32.4 Å². The number of imide groups is 1. The van der Waals surface area contributed by atoms with Crippen molar-refractivity contribution in [3.63, 3.8) is 0 Å². The molecule has 8 rings (SSSR count). The molecule has 4 aliphatic rings. The van der Waals surface area contributed by atoms with Crippen LogP contribution in [0.4, 0.5) is 11.4 Å². The van der Waals surface area contributed by atoms with E-state index in [0.29, 0.717) is 18.0 Å². The number of aliphatic imine (C=N–C) groups is 1.